The number of nitrogens with one attached hydrogen (secondary N) is 3. The largest absolute Gasteiger partial charge is 0.467 e. The second-order valence-electron chi connectivity index (χ2n) is 7.18. The second kappa shape index (κ2) is 13.7. The molecule has 0 unspecified atom stereocenters. The lowest BCUT2D eigenvalue weighted by molar-refractivity contribution is -0.143. The Bertz CT molecular complexity index is 855. The third-order valence-corrected chi connectivity index (χ3v) is 4.69. The Kier molecular flexibility index (Phi) is 11.4. The SMILES string of the molecule is C.CCCCOC(=O)N[C@@H](CNC(=O)C[C@H]1CC(c2ccc(C(=N)N)cc2)=NO1)C(=O)OC. The van der Waals surface area contributed by atoms with E-state index in [0.717, 1.165) is 12.0 Å². The van der Waals surface area contributed by atoms with Crippen LogP contribution in [-0.2, 0) is 23.9 Å². The predicted molar refractivity (Wildman–Crippen MR) is 123 cm³/mol. The van der Waals surface area contributed by atoms with Gasteiger partial charge in [-0.1, -0.05) is 50.2 Å². The van der Waals surface area contributed by atoms with Crippen LogP contribution >= 0.6 is 0 Å². The van der Waals surface area contributed by atoms with Crippen LogP contribution < -0.4 is 16.4 Å². The van der Waals surface area contributed by atoms with Gasteiger partial charge in [0.2, 0.25) is 5.91 Å². The van der Waals surface area contributed by atoms with Gasteiger partial charge in [-0.15, -0.1) is 0 Å². The van der Waals surface area contributed by atoms with Gasteiger partial charge in [-0.2, -0.15) is 0 Å². The van der Waals surface area contributed by atoms with E-state index in [9.17, 15) is 14.4 Å². The highest BCUT2D eigenvalue weighted by Crippen LogP contribution is 2.19. The van der Waals surface area contributed by atoms with Crippen molar-refractivity contribution in [2.24, 2.45) is 10.9 Å². The molecular formula is C22H33N5O6. The number of hydrogen-bond donors (Lipinski definition) is 4. The number of esters is 1. The number of unbranched alkanes of at least 4 members (excludes halogenated alkanes) is 1. The molecule has 11 heteroatoms. The summed E-state index contributed by atoms with van der Waals surface area (Å²) in [6.45, 7) is 2.04. The van der Waals surface area contributed by atoms with Gasteiger partial charge in [-0.25, -0.2) is 9.59 Å². The molecule has 2 rings (SSSR count). The van der Waals surface area contributed by atoms with Crippen molar-refractivity contribution in [3.63, 3.8) is 0 Å². The minimum atomic E-state index is -1.07. The maximum absolute atomic E-state index is 12.3. The summed E-state index contributed by atoms with van der Waals surface area (Å²) in [4.78, 5) is 41.3. The molecule has 0 aliphatic carbocycles. The summed E-state index contributed by atoms with van der Waals surface area (Å²) >= 11 is 0. The summed E-state index contributed by atoms with van der Waals surface area (Å²) in [5, 5.41) is 16.4. The highest BCUT2D eigenvalue weighted by molar-refractivity contribution is 6.02. The monoisotopic (exact) mass is 463 g/mol. The van der Waals surface area contributed by atoms with Gasteiger partial charge >= 0.3 is 12.1 Å². The molecule has 1 aromatic rings. The number of carbonyl (C=O) groups is 3. The van der Waals surface area contributed by atoms with Crippen molar-refractivity contribution < 1.29 is 28.7 Å². The molecule has 5 N–H and O–H groups in total. The van der Waals surface area contributed by atoms with E-state index in [2.05, 4.69) is 20.5 Å². The molecular weight excluding hydrogens is 430 g/mol. The van der Waals surface area contributed by atoms with E-state index in [-0.39, 0.29) is 38.7 Å². The van der Waals surface area contributed by atoms with Crippen LogP contribution in [0.3, 0.4) is 0 Å². The number of benzene rings is 1. The first-order chi connectivity index (χ1) is 15.3. The summed E-state index contributed by atoms with van der Waals surface area (Å²) < 4.78 is 9.64. The van der Waals surface area contributed by atoms with Gasteiger partial charge in [0.05, 0.1) is 25.8 Å². The van der Waals surface area contributed by atoms with Gasteiger partial charge in [-0.05, 0) is 12.0 Å². The van der Waals surface area contributed by atoms with Crippen LogP contribution in [0.25, 0.3) is 0 Å². The number of ether oxygens (including phenoxy) is 2. The van der Waals surface area contributed by atoms with Crippen molar-refractivity contribution in [3.8, 4) is 0 Å². The third-order valence-electron chi connectivity index (χ3n) is 4.69. The van der Waals surface area contributed by atoms with Gasteiger partial charge in [0, 0.05) is 18.5 Å². The van der Waals surface area contributed by atoms with E-state index >= 15 is 0 Å². The summed E-state index contributed by atoms with van der Waals surface area (Å²) in [6.07, 6.45) is 0.807. The number of carbonyl (C=O) groups excluding carboxylic acids is 3. The van der Waals surface area contributed by atoms with Gasteiger partial charge in [0.15, 0.2) is 0 Å². The second-order valence-corrected chi connectivity index (χ2v) is 7.18. The van der Waals surface area contributed by atoms with E-state index < -0.39 is 24.2 Å². The first kappa shape index (κ1) is 27.4. The molecule has 1 aliphatic rings. The Morgan fingerprint density at radius 2 is 2.00 bits per heavy atom. The number of nitrogens with two attached hydrogens (primary N) is 1. The van der Waals surface area contributed by atoms with Crippen LogP contribution in [0, 0.1) is 5.41 Å². The first-order valence-corrected chi connectivity index (χ1v) is 10.3. The lowest BCUT2D eigenvalue weighted by Gasteiger charge is -2.17. The van der Waals surface area contributed by atoms with Crippen LogP contribution in [0.2, 0.25) is 0 Å². The van der Waals surface area contributed by atoms with Crippen molar-refractivity contribution in [1.29, 1.82) is 5.41 Å². The average Bonchev–Trinajstić information content (AvgIpc) is 3.24. The summed E-state index contributed by atoms with van der Waals surface area (Å²) in [5.41, 5.74) is 7.55. The van der Waals surface area contributed by atoms with Crippen LogP contribution in [-0.4, -0.2) is 61.9 Å². The van der Waals surface area contributed by atoms with Crippen molar-refractivity contribution in [2.45, 2.75) is 52.2 Å². The molecule has 0 radical (unpaired) electrons. The van der Waals surface area contributed by atoms with E-state index in [4.69, 9.17) is 20.7 Å². The fourth-order valence-electron chi connectivity index (χ4n) is 2.87. The molecule has 1 heterocycles. The fraction of sp³-hybridized carbons (Fsp3) is 0.500. The van der Waals surface area contributed by atoms with Crippen molar-refractivity contribution in [1.82, 2.24) is 10.6 Å². The summed E-state index contributed by atoms with van der Waals surface area (Å²) in [7, 11) is 1.19. The Labute approximate surface area is 193 Å². The molecule has 1 aromatic carbocycles. The first-order valence-electron chi connectivity index (χ1n) is 10.3. The quantitative estimate of drug-likeness (QED) is 0.168. The Morgan fingerprint density at radius 3 is 2.61 bits per heavy atom. The van der Waals surface area contributed by atoms with Gasteiger partial charge in [0.25, 0.3) is 0 Å². The van der Waals surface area contributed by atoms with E-state index in [1.165, 1.54) is 7.11 Å². The molecule has 182 valence electrons. The topological polar surface area (TPSA) is 165 Å². The molecule has 0 saturated heterocycles. The molecule has 0 fully saturated rings. The third kappa shape index (κ3) is 8.79. The predicted octanol–water partition coefficient (Wildman–Crippen LogP) is 1.67. The molecule has 0 bridgehead atoms. The van der Waals surface area contributed by atoms with Gasteiger partial charge < -0.3 is 30.7 Å². The molecule has 1 aliphatic heterocycles. The zero-order valence-corrected chi connectivity index (χ0v) is 18.2. The number of amides is 2. The highest BCUT2D eigenvalue weighted by atomic mass is 16.6. The number of nitrogen functional groups attached to an aromatic ring is 1. The van der Waals surface area contributed by atoms with E-state index in [0.29, 0.717) is 24.1 Å². The Balaban J connectivity index is 0.00000544. The maximum atomic E-state index is 12.3. The number of rotatable bonds is 11. The van der Waals surface area contributed by atoms with Crippen LogP contribution in [0.4, 0.5) is 4.79 Å². The summed E-state index contributed by atoms with van der Waals surface area (Å²) in [6, 6.07) is 5.93. The fourth-order valence-corrected chi connectivity index (χ4v) is 2.87. The lowest BCUT2D eigenvalue weighted by atomic mass is 10.0. The molecule has 33 heavy (non-hydrogen) atoms. The molecule has 2 atom stereocenters. The number of methoxy groups -OCH3 is 1. The van der Waals surface area contributed by atoms with Crippen molar-refractivity contribution >= 4 is 29.5 Å². The van der Waals surface area contributed by atoms with Crippen LogP contribution in [0.15, 0.2) is 29.4 Å². The maximum Gasteiger partial charge on any atom is 0.407 e. The van der Waals surface area contributed by atoms with E-state index in [1.807, 2.05) is 6.92 Å². The number of alkyl carbamates (subject to hydrolysis) is 1. The molecule has 2 amide bonds. The van der Waals surface area contributed by atoms with Crippen molar-refractivity contribution in [2.75, 3.05) is 20.3 Å². The smallest absolute Gasteiger partial charge is 0.407 e. The minimum Gasteiger partial charge on any atom is -0.467 e. The zero-order valence-electron chi connectivity index (χ0n) is 18.2. The highest BCUT2D eigenvalue weighted by Gasteiger charge is 2.27. The molecule has 0 aromatic heterocycles. The zero-order chi connectivity index (χ0) is 23.5. The summed E-state index contributed by atoms with van der Waals surface area (Å²) in [5.74, 6) is -1.09. The minimum absolute atomic E-state index is 0. The van der Waals surface area contributed by atoms with Gasteiger partial charge in [-0.3, -0.25) is 10.2 Å². The number of nitrogens with zero attached hydrogens (tertiary/aromatic N) is 1. The molecule has 0 spiro atoms. The Morgan fingerprint density at radius 1 is 1.30 bits per heavy atom. The molecule has 0 saturated carbocycles. The number of amidine groups is 1. The van der Waals surface area contributed by atoms with E-state index in [1.54, 1.807) is 24.3 Å². The van der Waals surface area contributed by atoms with Gasteiger partial charge in [0.1, 0.15) is 18.0 Å². The number of hydrogen-bond acceptors (Lipinski definition) is 8. The molecule has 11 nitrogen and oxygen atoms in total. The van der Waals surface area contributed by atoms with Crippen molar-refractivity contribution in [3.05, 3.63) is 35.4 Å². The lowest BCUT2D eigenvalue weighted by Crippen LogP contribution is -2.49. The number of oxime groups is 1. The van der Waals surface area contributed by atoms with Crippen LogP contribution in [0.1, 0.15) is 51.2 Å². The normalized spacial score (nSPS) is 15.2. The average molecular weight is 464 g/mol. The Hall–Kier alpha value is -3.63. The standard InChI is InChI=1S/C21H29N5O6.CH4/c1-3-4-9-31-21(29)25-17(20(28)30-2)12-24-18(27)11-15-10-16(26-32-15)13-5-7-14(8-6-13)19(22)23;/h5-8,15,17H,3-4,9-12H2,1-2H3,(H3,22,23)(H,24,27)(H,25,29);1H4/t15-,17+;/m1./s1. The van der Waals surface area contributed by atoms with Crippen LogP contribution in [0.5, 0.6) is 0 Å².